The molecule has 0 heterocycles. The van der Waals surface area contributed by atoms with Gasteiger partial charge in [-0.2, -0.15) is 0 Å². The van der Waals surface area contributed by atoms with Crippen molar-refractivity contribution in [2.75, 3.05) is 14.2 Å². The molecule has 0 spiro atoms. The molecule has 0 fully saturated rings. The highest BCUT2D eigenvalue weighted by molar-refractivity contribution is 5.93. The molecule has 0 aliphatic heterocycles. The van der Waals surface area contributed by atoms with Crippen molar-refractivity contribution in [2.45, 2.75) is 19.3 Å². The van der Waals surface area contributed by atoms with Crippen LogP contribution in [0.25, 0.3) is 0 Å². The second-order valence-electron chi connectivity index (χ2n) is 4.42. The molecule has 1 aliphatic rings. The number of rotatable bonds is 5. The Balaban J connectivity index is 2.01. The van der Waals surface area contributed by atoms with E-state index in [0.717, 1.165) is 5.56 Å². The molecule has 5 nitrogen and oxygen atoms in total. The first-order valence-electron chi connectivity index (χ1n) is 6.27. The lowest BCUT2D eigenvalue weighted by atomic mass is 10.1. The van der Waals surface area contributed by atoms with Crippen LogP contribution in [0.5, 0.6) is 11.5 Å². The van der Waals surface area contributed by atoms with Crippen LogP contribution in [0.1, 0.15) is 18.4 Å². The minimum atomic E-state index is -0.391. The highest BCUT2D eigenvalue weighted by atomic mass is 16.5. The standard InChI is InChI=1S/C15H16O5/c1-18-13-6-3-10(7-14(13)19-2)8-15(17)20-12-5-4-11(16)9-12/h3,6-7,9H,4-5,8H2,1-2H3. The largest absolute Gasteiger partial charge is 0.493 e. The van der Waals surface area contributed by atoms with Crippen molar-refractivity contribution in [3.05, 3.63) is 35.6 Å². The number of carbonyl (C=O) groups is 2. The van der Waals surface area contributed by atoms with Crippen molar-refractivity contribution in [1.82, 2.24) is 0 Å². The molecule has 0 saturated heterocycles. The highest BCUT2D eigenvalue weighted by Crippen LogP contribution is 2.28. The summed E-state index contributed by atoms with van der Waals surface area (Å²) in [5.41, 5.74) is 0.762. The van der Waals surface area contributed by atoms with Crippen LogP contribution in [0, 0.1) is 0 Å². The lowest BCUT2D eigenvalue weighted by Gasteiger charge is -2.09. The van der Waals surface area contributed by atoms with Crippen LogP contribution >= 0.6 is 0 Å². The van der Waals surface area contributed by atoms with Gasteiger partial charge in [-0.05, 0) is 17.7 Å². The highest BCUT2D eigenvalue weighted by Gasteiger charge is 2.17. The van der Waals surface area contributed by atoms with E-state index in [1.807, 2.05) is 0 Å². The molecular weight excluding hydrogens is 260 g/mol. The van der Waals surface area contributed by atoms with Crippen LogP contribution in [-0.2, 0) is 20.7 Å². The van der Waals surface area contributed by atoms with E-state index in [2.05, 4.69) is 0 Å². The minimum absolute atomic E-state index is 0.00100. The van der Waals surface area contributed by atoms with E-state index >= 15 is 0 Å². The summed E-state index contributed by atoms with van der Waals surface area (Å²) in [4.78, 5) is 22.8. The molecule has 0 bridgehead atoms. The molecule has 0 aromatic heterocycles. The number of hydrogen-bond donors (Lipinski definition) is 0. The predicted octanol–water partition coefficient (Wildman–Crippen LogP) is 2.04. The fraction of sp³-hybridized carbons (Fsp3) is 0.333. The third kappa shape index (κ3) is 3.38. The number of carbonyl (C=O) groups excluding carboxylic acids is 2. The number of benzene rings is 1. The van der Waals surface area contributed by atoms with Crippen molar-refractivity contribution in [3.8, 4) is 11.5 Å². The van der Waals surface area contributed by atoms with Crippen molar-refractivity contribution in [2.24, 2.45) is 0 Å². The predicted molar refractivity (Wildman–Crippen MR) is 71.7 cm³/mol. The quantitative estimate of drug-likeness (QED) is 0.770. The van der Waals surface area contributed by atoms with Crippen LogP contribution in [0.15, 0.2) is 30.0 Å². The van der Waals surface area contributed by atoms with Gasteiger partial charge in [0, 0.05) is 18.9 Å². The van der Waals surface area contributed by atoms with Gasteiger partial charge < -0.3 is 14.2 Å². The zero-order valence-corrected chi connectivity index (χ0v) is 11.5. The summed E-state index contributed by atoms with van der Waals surface area (Å²) in [6.07, 6.45) is 2.41. The summed E-state index contributed by atoms with van der Waals surface area (Å²) in [6.45, 7) is 0. The Bertz CT molecular complexity index is 559. The van der Waals surface area contributed by atoms with Crippen molar-refractivity contribution in [3.63, 3.8) is 0 Å². The lowest BCUT2D eigenvalue weighted by molar-refractivity contribution is -0.138. The Morgan fingerprint density at radius 2 is 1.90 bits per heavy atom. The molecule has 5 heteroatoms. The summed E-state index contributed by atoms with van der Waals surface area (Å²) >= 11 is 0. The minimum Gasteiger partial charge on any atom is -0.493 e. The Labute approximate surface area is 117 Å². The molecule has 0 radical (unpaired) electrons. The van der Waals surface area contributed by atoms with Gasteiger partial charge in [0.05, 0.1) is 20.6 Å². The first kappa shape index (κ1) is 14.1. The second-order valence-corrected chi connectivity index (χ2v) is 4.42. The van der Waals surface area contributed by atoms with E-state index in [0.29, 0.717) is 30.1 Å². The summed E-state index contributed by atoms with van der Waals surface area (Å²) in [5, 5.41) is 0. The molecule has 2 rings (SSSR count). The molecule has 20 heavy (non-hydrogen) atoms. The van der Waals surface area contributed by atoms with Gasteiger partial charge in [-0.1, -0.05) is 6.07 Å². The van der Waals surface area contributed by atoms with E-state index in [4.69, 9.17) is 14.2 Å². The van der Waals surface area contributed by atoms with E-state index in [1.165, 1.54) is 13.2 Å². The van der Waals surface area contributed by atoms with Crippen LogP contribution < -0.4 is 9.47 Å². The fourth-order valence-electron chi connectivity index (χ4n) is 1.99. The van der Waals surface area contributed by atoms with E-state index in [9.17, 15) is 9.59 Å². The number of hydrogen-bond acceptors (Lipinski definition) is 5. The molecule has 0 unspecified atom stereocenters. The van der Waals surface area contributed by atoms with E-state index in [1.54, 1.807) is 25.3 Å². The van der Waals surface area contributed by atoms with Gasteiger partial charge in [0.2, 0.25) is 0 Å². The average Bonchev–Trinajstić information content (AvgIpc) is 2.83. The molecule has 1 aromatic carbocycles. The van der Waals surface area contributed by atoms with Crippen molar-refractivity contribution < 1.29 is 23.8 Å². The van der Waals surface area contributed by atoms with Gasteiger partial charge in [0.25, 0.3) is 0 Å². The van der Waals surface area contributed by atoms with Gasteiger partial charge in [0.1, 0.15) is 5.76 Å². The summed E-state index contributed by atoms with van der Waals surface area (Å²) in [5.74, 6) is 1.22. The average molecular weight is 276 g/mol. The molecule has 0 atom stereocenters. The smallest absolute Gasteiger partial charge is 0.315 e. The molecular formula is C15H16O5. The zero-order valence-electron chi connectivity index (χ0n) is 11.5. The van der Waals surface area contributed by atoms with Crippen LogP contribution in [0.3, 0.4) is 0 Å². The maximum atomic E-state index is 11.8. The van der Waals surface area contributed by atoms with Gasteiger partial charge in [-0.25, -0.2) is 0 Å². The number of methoxy groups -OCH3 is 2. The Hall–Kier alpha value is -2.30. The maximum absolute atomic E-state index is 11.8. The molecule has 1 aliphatic carbocycles. The first-order valence-corrected chi connectivity index (χ1v) is 6.27. The molecule has 0 N–H and O–H groups in total. The lowest BCUT2D eigenvalue weighted by Crippen LogP contribution is -2.07. The number of ketones is 1. The Morgan fingerprint density at radius 1 is 1.15 bits per heavy atom. The molecule has 106 valence electrons. The van der Waals surface area contributed by atoms with Gasteiger partial charge in [-0.15, -0.1) is 0 Å². The third-order valence-corrected chi connectivity index (χ3v) is 2.98. The number of ether oxygens (including phenoxy) is 3. The van der Waals surface area contributed by atoms with Gasteiger partial charge >= 0.3 is 5.97 Å². The third-order valence-electron chi connectivity index (χ3n) is 2.98. The first-order chi connectivity index (χ1) is 9.62. The Kier molecular flexibility index (Phi) is 4.40. The van der Waals surface area contributed by atoms with Crippen LogP contribution in [0.2, 0.25) is 0 Å². The van der Waals surface area contributed by atoms with Crippen LogP contribution in [0.4, 0.5) is 0 Å². The van der Waals surface area contributed by atoms with E-state index < -0.39 is 5.97 Å². The summed E-state index contributed by atoms with van der Waals surface area (Å²) in [6, 6.07) is 5.24. The topological polar surface area (TPSA) is 61.8 Å². The monoisotopic (exact) mass is 276 g/mol. The van der Waals surface area contributed by atoms with Crippen molar-refractivity contribution in [1.29, 1.82) is 0 Å². The normalized spacial score (nSPS) is 13.9. The van der Waals surface area contributed by atoms with Gasteiger partial charge in [0.15, 0.2) is 17.3 Å². The maximum Gasteiger partial charge on any atom is 0.315 e. The van der Waals surface area contributed by atoms with E-state index in [-0.39, 0.29) is 12.2 Å². The van der Waals surface area contributed by atoms with Crippen LogP contribution in [-0.4, -0.2) is 26.0 Å². The fourth-order valence-corrected chi connectivity index (χ4v) is 1.99. The molecule has 0 saturated carbocycles. The second kappa shape index (κ2) is 6.23. The molecule has 0 amide bonds. The summed E-state index contributed by atoms with van der Waals surface area (Å²) in [7, 11) is 3.09. The summed E-state index contributed by atoms with van der Waals surface area (Å²) < 4.78 is 15.4. The van der Waals surface area contributed by atoms with Crippen molar-refractivity contribution >= 4 is 11.8 Å². The number of esters is 1. The Morgan fingerprint density at radius 3 is 2.50 bits per heavy atom. The number of allylic oxidation sites excluding steroid dienone is 2. The molecule has 1 aromatic rings. The SMILES string of the molecule is COc1ccc(CC(=O)OC2=CC(=O)CC2)cc1OC. The zero-order chi connectivity index (χ0) is 14.5. The van der Waals surface area contributed by atoms with Gasteiger partial charge in [-0.3, -0.25) is 9.59 Å².